The number of benzene rings is 1. The predicted molar refractivity (Wildman–Crippen MR) is 152 cm³/mol. The van der Waals surface area contributed by atoms with E-state index in [1.165, 1.54) is 11.1 Å². The summed E-state index contributed by atoms with van der Waals surface area (Å²) in [5.41, 5.74) is 0.535. The van der Waals surface area contributed by atoms with Gasteiger partial charge in [0.15, 0.2) is 6.10 Å². The Kier molecular flexibility index (Phi) is 10.0. The largest absolute Gasteiger partial charge is 0.492 e. The van der Waals surface area contributed by atoms with Gasteiger partial charge in [0.2, 0.25) is 0 Å². The molecule has 0 aliphatic rings. The molecule has 0 radical (unpaired) electrons. The molecule has 0 aliphatic carbocycles. The molecule has 3 atom stereocenters. The van der Waals surface area contributed by atoms with E-state index in [-0.39, 0.29) is 6.42 Å². The predicted octanol–water partition coefficient (Wildman–Crippen LogP) is 4.72. The van der Waals surface area contributed by atoms with Crippen LogP contribution in [0.5, 0.6) is 11.5 Å². The zero-order valence-corrected chi connectivity index (χ0v) is 24.4. The lowest BCUT2D eigenvalue weighted by molar-refractivity contribution is -0.128. The van der Waals surface area contributed by atoms with E-state index in [1.807, 2.05) is 59.2 Å². The van der Waals surface area contributed by atoms with Gasteiger partial charge < -0.3 is 29.6 Å². The van der Waals surface area contributed by atoms with Crippen molar-refractivity contribution in [1.82, 2.24) is 24.6 Å². The van der Waals surface area contributed by atoms with Crippen LogP contribution in [0.3, 0.4) is 0 Å². The Morgan fingerprint density at radius 1 is 1.12 bits per heavy atom. The molecule has 4 N–H and O–H groups in total. The summed E-state index contributed by atoms with van der Waals surface area (Å²) in [5, 5.41) is 31.0. The lowest BCUT2D eigenvalue weighted by Crippen LogP contribution is -2.55. The average Bonchev–Trinajstić information content (AvgIpc) is 3.52. The standard InChI is InChI=1S/C28H42N6O6/c1-8-11-12-17(23(35)26(36)30-20-15-16-29-32-20)34(27(37)38)24(28(4,5)6)25-31-21-18(39-9-2)13-14-19(40-10-3)22(21)33(25)7/h13-17,23-24,35H,8-12H2,1-7H3,(H,37,38)(H2,29,30,32,36)/t17-,23-,24+/m0/s1. The summed E-state index contributed by atoms with van der Waals surface area (Å²) in [6.45, 7) is 12.3. The maximum absolute atomic E-state index is 13.1. The van der Waals surface area contributed by atoms with Gasteiger partial charge in [-0.1, -0.05) is 40.5 Å². The summed E-state index contributed by atoms with van der Waals surface area (Å²) in [7, 11) is 1.81. The minimum Gasteiger partial charge on any atom is -0.492 e. The minimum absolute atomic E-state index is 0.269. The highest BCUT2D eigenvalue weighted by atomic mass is 16.5. The van der Waals surface area contributed by atoms with Gasteiger partial charge >= 0.3 is 6.09 Å². The van der Waals surface area contributed by atoms with Gasteiger partial charge in [0.1, 0.15) is 34.2 Å². The molecule has 3 aromatic rings. The van der Waals surface area contributed by atoms with E-state index in [1.54, 1.807) is 12.1 Å². The van der Waals surface area contributed by atoms with Gasteiger partial charge in [-0.05, 0) is 37.8 Å². The number of aliphatic hydroxyl groups is 1. The van der Waals surface area contributed by atoms with Gasteiger partial charge in [-0.15, -0.1) is 0 Å². The molecule has 220 valence electrons. The quantitative estimate of drug-likeness (QED) is 0.235. The summed E-state index contributed by atoms with van der Waals surface area (Å²) in [6, 6.07) is 3.26. The number of hydrogen-bond donors (Lipinski definition) is 4. The Morgan fingerprint density at radius 3 is 2.33 bits per heavy atom. The molecule has 0 fully saturated rings. The highest BCUT2D eigenvalue weighted by Crippen LogP contribution is 2.43. The third-order valence-electron chi connectivity index (χ3n) is 6.75. The number of ether oxygens (including phenoxy) is 2. The molecule has 0 bridgehead atoms. The first-order valence-corrected chi connectivity index (χ1v) is 13.7. The second-order valence-electron chi connectivity index (χ2n) is 10.7. The van der Waals surface area contributed by atoms with Crippen LogP contribution in [0.25, 0.3) is 11.0 Å². The van der Waals surface area contributed by atoms with E-state index in [0.29, 0.717) is 53.8 Å². The molecule has 0 spiro atoms. The first-order chi connectivity index (χ1) is 19.0. The third-order valence-corrected chi connectivity index (χ3v) is 6.75. The van der Waals surface area contributed by atoms with Crippen molar-refractivity contribution < 1.29 is 29.3 Å². The van der Waals surface area contributed by atoms with Crippen molar-refractivity contribution in [2.24, 2.45) is 12.5 Å². The fraction of sp³-hybridized carbons (Fsp3) is 0.571. The number of nitrogens with one attached hydrogen (secondary N) is 2. The van der Waals surface area contributed by atoms with Gasteiger partial charge in [0.05, 0.1) is 31.5 Å². The summed E-state index contributed by atoms with van der Waals surface area (Å²) >= 11 is 0. The van der Waals surface area contributed by atoms with Crippen molar-refractivity contribution >= 4 is 28.9 Å². The average molecular weight is 559 g/mol. The van der Waals surface area contributed by atoms with Crippen LogP contribution in [0.15, 0.2) is 24.4 Å². The Morgan fingerprint density at radius 2 is 1.77 bits per heavy atom. The van der Waals surface area contributed by atoms with Gasteiger partial charge in [-0.3, -0.25) is 14.8 Å². The molecule has 0 saturated heterocycles. The van der Waals surface area contributed by atoms with Crippen LogP contribution in [-0.4, -0.2) is 72.2 Å². The number of imidazole rings is 1. The molecule has 1 aromatic carbocycles. The van der Waals surface area contributed by atoms with Crippen LogP contribution in [0, 0.1) is 5.41 Å². The lowest BCUT2D eigenvalue weighted by Gasteiger charge is -2.43. The number of rotatable bonds is 13. The number of carbonyl (C=O) groups is 2. The molecule has 0 saturated carbocycles. The number of anilines is 1. The van der Waals surface area contributed by atoms with Crippen molar-refractivity contribution in [3.63, 3.8) is 0 Å². The number of carbonyl (C=O) groups excluding carboxylic acids is 1. The molecule has 12 heteroatoms. The Hall–Kier alpha value is -3.80. The molecule has 12 nitrogen and oxygen atoms in total. The Bertz CT molecular complexity index is 1280. The van der Waals surface area contributed by atoms with Gasteiger partial charge in [-0.2, -0.15) is 5.10 Å². The van der Waals surface area contributed by atoms with Gasteiger partial charge in [-0.25, -0.2) is 9.78 Å². The second kappa shape index (κ2) is 13.0. The van der Waals surface area contributed by atoms with Gasteiger partial charge in [0.25, 0.3) is 5.91 Å². The smallest absolute Gasteiger partial charge is 0.408 e. The van der Waals surface area contributed by atoms with Crippen LogP contribution in [0.4, 0.5) is 10.6 Å². The molecule has 2 heterocycles. The highest BCUT2D eigenvalue weighted by molar-refractivity contribution is 5.94. The normalized spacial score (nSPS) is 14.0. The zero-order chi connectivity index (χ0) is 29.6. The van der Waals surface area contributed by atoms with E-state index in [4.69, 9.17) is 14.5 Å². The number of aryl methyl sites for hydroxylation is 1. The Balaban J connectivity index is 2.20. The zero-order valence-electron chi connectivity index (χ0n) is 24.4. The van der Waals surface area contributed by atoms with Crippen molar-refractivity contribution in [1.29, 1.82) is 0 Å². The maximum atomic E-state index is 13.1. The molecular formula is C28H42N6O6. The van der Waals surface area contributed by atoms with E-state index in [2.05, 4.69) is 15.5 Å². The van der Waals surface area contributed by atoms with E-state index in [9.17, 15) is 19.8 Å². The minimum atomic E-state index is -1.65. The molecule has 0 aliphatic heterocycles. The van der Waals surface area contributed by atoms with Crippen molar-refractivity contribution in [3.05, 3.63) is 30.2 Å². The summed E-state index contributed by atoms with van der Waals surface area (Å²) < 4.78 is 13.6. The van der Waals surface area contributed by atoms with E-state index < -0.39 is 35.6 Å². The van der Waals surface area contributed by atoms with Gasteiger partial charge in [0, 0.05) is 13.1 Å². The third kappa shape index (κ3) is 6.49. The van der Waals surface area contributed by atoms with Crippen LogP contribution in [-0.2, 0) is 11.8 Å². The lowest BCUT2D eigenvalue weighted by atomic mass is 9.83. The van der Waals surface area contributed by atoms with Crippen molar-refractivity contribution in [2.75, 3.05) is 18.5 Å². The number of H-pyrrole nitrogens is 1. The summed E-state index contributed by atoms with van der Waals surface area (Å²) in [6.07, 6.45) is 0.172. The highest BCUT2D eigenvalue weighted by Gasteiger charge is 2.45. The number of hydrogen-bond acceptors (Lipinski definition) is 7. The summed E-state index contributed by atoms with van der Waals surface area (Å²) in [5.74, 6) is 1.17. The molecule has 0 unspecified atom stereocenters. The number of nitrogens with zero attached hydrogens (tertiary/aromatic N) is 4. The number of unbranched alkanes of at least 4 members (excludes halogenated alkanes) is 1. The SMILES string of the molecule is CCCC[C@@H]([C@H](O)C(=O)Nc1ccn[nH]1)N(C(=O)O)[C@H](c1nc2c(OCC)ccc(OCC)c2n1C)C(C)(C)C. The molecule has 2 aromatic heterocycles. The van der Waals surface area contributed by atoms with Crippen LogP contribution in [0.1, 0.15) is 72.7 Å². The fourth-order valence-corrected chi connectivity index (χ4v) is 5.01. The van der Waals surface area contributed by atoms with Crippen molar-refractivity contribution in [2.45, 2.75) is 79.0 Å². The monoisotopic (exact) mass is 558 g/mol. The van der Waals surface area contributed by atoms with E-state index >= 15 is 0 Å². The molecule has 3 rings (SSSR count). The molecular weight excluding hydrogens is 516 g/mol. The maximum Gasteiger partial charge on any atom is 0.408 e. The molecule has 40 heavy (non-hydrogen) atoms. The number of aromatic nitrogens is 4. The first-order valence-electron chi connectivity index (χ1n) is 13.7. The number of aliphatic hydroxyl groups excluding tert-OH is 1. The second-order valence-corrected chi connectivity index (χ2v) is 10.7. The van der Waals surface area contributed by atoms with E-state index in [0.717, 1.165) is 6.42 Å². The number of aromatic amines is 1. The van der Waals surface area contributed by atoms with Crippen LogP contribution in [0.2, 0.25) is 0 Å². The first kappa shape index (κ1) is 30.7. The molecule has 2 amide bonds. The van der Waals surface area contributed by atoms with Crippen LogP contribution >= 0.6 is 0 Å². The number of carboxylic acid groups (broad SMARTS) is 1. The van der Waals surface area contributed by atoms with Crippen molar-refractivity contribution in [3.8, 4) is 11.5 Å². The topological polar surface area (TPSA) is 155 Å². The van der Waals surface area contributed by atoms with Crippen LogP contribution < -0.4 is 14.8 Å². The number of fused-ring (bicyclic) bond motifs is 1. The Labute approximate surface area is 234 Å². The fourth-order valence-electron chi connectivity index (χ4n) is 5.01. The number of amides is 2. The summed E-state index contributed by atoms with van der Waals surface area (Å²) in [4.78, 5) is 32.3.